The number of nitrogens with two attached hydrogens (primary N) is 2. The number of aromatic nitrogens is 1. The van der Waals surface area contributed by atoms with Crippen molar-refractivity contribution < 1.29 is 9.13 Å². The van der Waals surface area contributed by atoms with E-state index in [2.05, 4.69) is 4.98 Å². The van der Waals surface area contributed by atoms with Crippen LogP contribution in [0, 0.1) is 17.1 Å². The summed E-state index contributed by atoms with van der Waals surface area (Å²) in [6, 6.07) is 6.54. The number of para-hydroxylation sites is 1. The minimum absolute atomic E-state index is 0.0152. The van der Waals surface area contributed by atoms with Gasteiger partial charge in [0.05, 0.1) is 5.69 Å². The molecule has 0 amide bonds. The first kappa shape index (κ1) is 11.3. The second kappa shape index (κ2) is 3.85. The normalized spacial score (nSPS) is 12.0. The van der Waals surface area contributed by atoms with Crippen molar-refractivity contribution in [2.24, 2.45) is 0 Å². The van der Waals surface area contributed by atoms with Gasteiger partial charge in [0.15, 0.2) is 11.6 Å². The van der Waals surface area contributed by atoms with E-state index in [1.165, 1.54) is 6.07 Å². The van der Waals surface area contributed by atoms with Gasteiger partial charge in [-0.3, -0.25) is 0 Å². The molecule has 0 fully saturated rings. The third kappa shape index (κ3) is 1.56. The maximum atomic E-state index is 13.6. The molecule has 0 unspecified atom stereocenters. The van der Waals surface area contributed by atoms with E-state index in [-0.39, 0.29) is 28.7 Å². The smallest absolute Gasteiger partial charge is 0.227 e. The van der Waals surface area contributed by atoms with Crippen LogP contribution in [0.1, 0.15) is 16.7 Å². The van der Waals surface area contributed by atoms with Crippen molar-refractivity contribution in [1.29, 1.82) is 5.26 Å². The quantitative estimate of drug-likeness (QED) is 0.640. The molecule has 94 valence electrons. The first-order valence-corrected chi connectivity index (χ1v) is 5.55. The van der Waals surface area contributed by atoms with Crippen LogP contribution in [-0.2, 0) is 6.42 Å². The number of nitrogens with zero attached hydrogens (tertiary/aromatic N) is 2. The maximum Gasteiger partial charge on any atom is 0.227 e. The summed E-state index contributed by atoms with van der Waals surface area (Å²) in [6.07, 6.45) is 0.357. The molecule has 0 saturated carbocycles. The SMILES string of the molecule is N#Cc1c(N)nc2c(c1N)Cc1cccc(F)c1O2. The molecule has 6 heteroatoms. The summed E-state index contributed by atoms with van der Waals surface area (Å²) in [5.74, 6) is -0.192. The largest absolute Gasteiger partial charge is 0.435 e. The van der Waals surface area contributed by atoms with Gasteiger partial charge in [-0.1, -0.05) is 12.1 Å². The minimum atomic E-state index is -0.466. The lowest BCUT2D eigenvalue weighted by Crippen LogP contribution is -2.12. The monoisotopic (exact) mass is 256 g/mol. The summed E-state index contributed by atoms with van der Waals surface area (Å²) < 4.78 is 19.1. The van der Waals surface area contributed by atoms with Crippen LogP contribution in [0.15, 0.2) is 18.2 Å². The molecule has 1 aromatic heterocycles. The van der Waals surface area contributed by atoms with E-state index in [4.69, 9.17) is 21.5 Å². The molecule has 1 aliphatic rings. The lowest BCUT2D eigenvalue weighted by Gasteiger charge is -2.21. The van der Waals surface area contributed by atoms with E-state index >= 15 is 0 Å². The molecule has 0 atom stereocenters. The Balaban J connectivity index is 2.21. The molecular formula is C13H9FN4O. The number of halogens is 1. The molecule has 2 heterocycles. The van der Waals surface area contributed by atoms with Crippen LogP contribution in [0.4, 0.5) is 15.9 Å². The molecule has 0 aliphatic carbocycles. The minimum Gasteiger partial charge on any atom is -0.435 e. The Morgan fingerprint density at radius 1 is 1.37 bits per heavy atom. The Morgan fingerprint density at radius 2 is 2.16 bits per heavy atom. The van der Waals surface area contributed by atoms with Crippen molar-refractivity contribution in [2.45, 2.75) is 6.42 Å². The van der Waals surface area contributed by atoms with Gasteiger partial charge in [-0.2, -0.15) is 10.2 Å². The van der Waals surface area contributed by atoms with E-state index in [9.17, 15) is 4.39 Å². The van der Waals surface area contributed by atoms with Crippen molar-refractivity contribution in [2.75, 3.05) is 11.5 Å². The zero-order chi connectivity index (χ0) is 13.6. The molecule has 0 radical (unpaired) electrons. The Kier molecular flexibility index (Phi) is 2.29. The van der Waals surface area contributed by atoms with Gasteiger partial charge in [0.25, 0.3) is 0 Å². The number of hydrogen-bond donors (Lipinski definition) is 2. The molecule has 1 aromatic carbocycles. The van der Waals surface area contributed by atoms with Crippen LogP contribution in [0.3, 0.4) is 0 Å². The van der Waals surface area contributed by atoms with Crippen LogP contribution in [0.5, 0.6) is 11.6 Å². The lowest BCUT2D eigenvalue weighted by molar-refractivity contribution is 0.409. The van der Waals surface area contributed by atoms with Crippen LogP contribution in [0.2, 0.25) is 0 Å². The van der Waals surface area contributed by atoms with Gasteiger partial charge in [-0.05, 0) is 6.07 Å². The predicted molar refractivity (Wildman–Crippen MR) is 67.1 cm³/mol. The topological polar surface area (TPSA) is 98.0 Å². The van der Waals surface area contributed by atoms with Crippen molar-refractivity contribution in [1.82, 2.24) is 4.98 Å². The maximum absolute atomic E-state index is 13.6. The number of hydrogen-bond acceptors (Lipinski definition) is 5. The average molecular weight is 256 g/mol. The van der Waals surface area contributed by atoms with Crippen molar-refractivity contribution in [3.8, 4) is 17.7 Å². The Labute approximate surface area is 108 Å². The highest BCUT2D eigenvalue weighted by atomic mass is 19.1. The molecule has 1 aliphatic heterocycles. The number of nitriles is 1. The standard InChI is InChI=1S/C13H9FN4O/c14-9-3-1-2-6-4-7-10(16)8(5-15)12(17)18-13(7)19-11(6)9/h1-3H,4H2,(H4,16,17,18). The molecule has 4 N–H and O–H groups in total. The van der Waals surface area contributed by atoms with Crippen LogP contribution >= 0.6 is 0 Å². The first-order valence-electron chi connectivity index (χ1n) is 5.55. The third-order valence-corrected chi connectivity index (χ3v) is 3.06. The molecule has 19 heavy (non-hydrogen) atoms. The summed E-state index contributed by atoms with van der Waals surface area (Å²) in [5.41, 5.74) is 13.1. The summed E-state index contributed by atoms with van der Waals surface area (Å²) in [7, 11) is 0. The first-order chi connectivity index (χ1) is 9.11. The number of nitrogen functional groups attached to an aromatic ring is 2. The van der Waals surface area contributed by atoms with Crippen molar-refractivity contribution in [3.05, 3.63) is 40.7 Å². The van der Waals surface area contributed by atoms with E-state index in [1.54, 1.807) is 12.1 Å². The Morgan fingerprint density at radius 3 is 2.89 bits per heavy atom. The average Bonchev–Trinajstić information content (AvgIpc) is 2.39. The number of ether oxygens (including phenoxy) is 1. The van der Waals surface area contributed by atoms with Gasteiger partial charge in [0.1, 0.15) is 17.5 Å². The summed E-state index contributed by atoms with van der Waals surface area (Å²) in [5, 5.41) is 8.99. The number of benzene rings is 1. The highest BCUT2D eigenvalue weighted by Crippen LogP contribution is 2.41. The fraction of sp³-hybridized carbons (Fsp3) is 0.0769. The van der Waals surface area contributed by atoms with E-state index in [0.717, 1.165) is 0 Å². The zero-order valence-corrected chi connectivity index (χ0v) is 9.77. The Bertz CT molecular complexity index is 736. The molecule has 0 saturated heterocycles. The Hall–Kier alpha value is -2.81. The fourth-order valence-corrected chi connectivity index (χ4v) is 2.10. The van der Waals surface area contributed by atoms with Crippen LogP contribution < -0.4 is 16.2 Å². The van der Waals surface area contributed by atoms with Gasteiger partial charge < -0.3 is 16.2 Å². The van der Waals surface area contributed by atoms with E-state index < -0.39 is 5.82 Å². The van der Waals surface area contributed by atoms with Gasteiger partial charge in [-0.25, -0.2) is 4.39 Å². The van der Waals surface area contributed by atoms with E-state index in [0.29, 0.717) is 17.5 Å². The summed E-state index contributed by atoms with van der Waals surface area (Å²) >= 11 is 0. The van der Waals surface area contributed by atoms with Gasteiger partial charge >= 0.3 is 0 Å². The molecular weight excluding hydrogens is 247 g/mol. The van der Waals surface area contributed by atoms with Gasteiger partial charge in [0, 0.05) is 17.5 Å². The fourth-order valence-electron chi connectivity index (χ4n) is 2.10. The number of anilines is 2. The summed E-state index contributed by atoms with van der Waals surface area (Å²) in [6.45, 7) is 0. The number of fused-ring (bicyclic) bond motifs is 2. The van der Waals surface area contributed by atoms with Crippen LogP contribution in [0.25, 0.3) is 0 Å². The highest BCUT2D eigenvalue weighted by molar-refractivity contribution is 5.72. The molecule has 0 bridgehead atoms. The predicted octanol–water partition coefficient (Wildman–Crippen LogP) is 1.95. The second-order valence-corrected chi connectivity index (χ2v) is 4.19. The van der Waals surface area contributed by atoms with Gasteiger partial charge in [-0.15, -0.1) is 0 Å². The zero-order valence-electron chi connectivity index (χ0n) is 9.77. The third-order valence-electron chi connectivity index (χ3n) is 3.06. The highest BCUT2D eigenvalue weighted by Gasteiger charge is 2.25. The molecule has 5 nitrogen and oxygen atoms in total. The number of rotatable bonds is 0. The lowest BCUT2D eigenvalue weighted by atomic mass is 9.99. The summed E-state index contributed by atoms with van der Waals surface area (Å²) in [4.78, 5) is 3.97. The van der Waals surface area contributed by atoms with Gasteiger partial charge in [0.2, 0.25) is 5.88 Å². The van der Waals surface area contributed by atoms with Crippen molar-refractivity contribution >= 4 is 11.5 Å². The second-order valence-electron chi connectivity index (χ2n) is 4.19. The molecule has 2 aromatic rings. The van der Waals surface area contributed by atoms with E-state index in [1.807, 2.05) is 6.07 Å². The number of pyridine rings is 1. The molecule has 3 rings (SSSR count). The molecule has 0 spiro atoms. The van der Waals surface area contributed by atoms with Crippen LogP contribution in [-0.4, -0.2) is 4.98 Å². The van der Waals surface area contributed by atoms with Crippen molar-refractivity contribution in [3.63, 3.8) is 0 Å².